The highest BCUT2D eigenvalue weighted by molar-refractivity contribution is 5.47. The van der Waals surface area contributed by atoms with Crippen LogP contribution in [0.5, 0.6) is 0 Å². The Balaban J connectivity index is 3.47. The Morgan fingerprint density at radius 2 is 0.952 bits per heavy atom. The molecule has 0 atom stereocenters. The van der Waals surface area contributed by atoms with E-state index in [9.17, 15) is 43.9 Å². The predicted molar refractivity (Wildman–Crippen MR) is 50.9 cm³/mol. The van der Waals surface area contributed by atoms with Gasteiger partial charge in [-0.05, 0) is 24.3 Å². The number of hydrogen-bond acceptors (Lipinski definition) is 1. The van der Waals surface area contributed by atoms with Crippen LogP contribution in [0.4, 0.5) is 49.6 Å². The fourth-order valence-corrected chi connectivity index (χ4v) is 1.44. The standard InChI is InChI=1S/C10H5F10N/c11-5-1-3-6(4-2-5)21-7(8(12,13)14,9(15,16)17)10(18,19)20/h1-4,21H. The Morgan fingerprint density at radius 3 is 1.24 bits per heavy atom. The van der Waals surface area contributed by atoms with Crippen molar-refractivity contribution in [3.8, 4) is 0 Å². The molecule has 0 saturated heterocycles. The van der Waals surface area contributed by atoms with Gasteiger partial charge in [0.2, 0.25) is 0 Å². The van der Waals surface area contributed by atoms with Gasteiger partial charge < -0.3 is 5.32 Å². The minimum absolute atomic E-state index is 0.327. The van der Waals surface area contributed by atoms with Crippen molar-refractivity contribution in [1.29, 1.82) is 0 Å². The van der Waals surface area contributed by atoms with Crippen LogP contribution in [0, 0.1) is 5.82 Å². The van der Waals surface area contributed by atoms with Crippen molar-refractivity contribution >= 4 is 5.69 Å². The summed E-state index contributed by atoms with van der Waals surface area (Å²) in [6, 6.07) is 1.48. The average Bonchev–Trinajstić information content (AvgIpc) is 2.22. The van der Waals surface area contributed by atoms with Gasteiger partial charge in [0.25, 0.3) is 0 Å². The third kappa shape index (κ3) is 3.00. The normalized spacial score (nSPS) is 14.2. The molecule has 1 nitrogen and oxygen atoms in total. The average molecular weight is 329 g/mol. The van der Waals surface area contributed by atoms with Gasteiger partial charge in [0, 0.05) is 5.69 Å². The van der Waals surface area contributed by atoms with Gasteiger partial charge in [0.05, 0.1) is 0 Å². The summed E-state index contributed by atoms with van der Waals surface area (Å²) < 4.78 is 126. The Kier molecular flexibility index (Phi) is 4.09. The number of benzene rings is 1. The summed E-state index contributed by atoms with van der Waals surface area (Å²) in [7, 11) is 0. The molecule has 21 heavy (non-hydrogen) atoms. The predicted octanol–water partition coefficient (Wildman–Crippen LogP) is 4.66. The number of nitrogens with one attached hydrogen (secondary N) is 1. The fourth-order valence-electron chi connectivity index (χ4n) is 1.44. The highest BCUT2D eigenvalue weighted by Crippen LogP contribution is 2.54. The van der Waals surface area contributed by atoms with Crippen LogP contribution in [0.25, 0.3) is 0 Å². The lowest BCUT2D eigenvalue weighted by atomic mass is 9.96. The van der Waals surface area contributed by atoms with E-state index in [1.54, 1.807) is 0 Å². The van der Waals surface area contributed by atoms with Crippen molar-refractivity contribution < 1.29 is 43.9 Å². The molecule has 1 aromatic rings. The summed E-state index contributed by atoms with van der Waals surface area (Å²) in [5.41, 5.74) is -7.35. The largest absolute Gasteiger partial charge is 0.429 e. The first-order chi connectivity index (χ1) is 9.22. The minimum atomic E-state index is -6.72. The van der Waals surface area contributed by atoms with E-state index in [0.29, 0.717) is 29.6 Å². The highest BCUT2D eigenvalue weighted by Gasteiger charge is 2.84. The van der Waals surface area contributed by atoms with Crippen molar-refractivity contribution in [2.45, 2.75) is 24.1 Å². The molecule has 0 bridgehead atoms. The fraction of sp³-hybridized carbons (Fsp3) is 0.400. The second-order valence-electron chi connectivity index (χ2n) is 3.88. The van der Waals surface area contributed by atoms with Gasteiger partial charge >= 0.3 is 24.1 Å². The second kappa shape index (κ2) is 4.95. The molecule has 0 heterocycles. The molecule has 1 rings (SSSR count). The highest BCUT2D eigenvalue weighted by atomic mass is 19.4. The third-order valence-corrected chi connectivity index (χ3v) is 2.45. The number of hydrogen-bond donors (Lipinski definition) is 1. The Bertz CT molecular complexity index is 444. The van der Waals surface area contributed by atoms with Gasteiger partial charge in [-0.15, -0.1) is 0 Å². The van der Waals surface area contributed by atoms with Crippen LogP contribution in [0.2, 0.25) is 0 Å². The summed E-state index contributed by atoms with van der Waals surface area (Å²) in [6.07, 6.45) is -20.2. The van der Waals surface area contributed by atoms with Gasteiger partial charge in [-0.25, -0.2) is 4.39 Å². The summed E-state index contributed by atoms with van der Waals surface area (Å²) in [6.45, 7) is 0. The zero-order valence-corrected chi connectivity index (χ0v) is 9.59. The lowest BCUT2D eigenvalue weighted by molar-refractivity contribution is -0.370. The van der Waals surface area contributed by atoms with Crippen LogP contribution < -0.4 is 5.32 Å². The van der Waals surface area contributed by atoms with E-state index < -0.39 is 35.6 Å². The summed E-state index contributed by atoms with van der Waals surface area (Å²) in [5.74, 6) is -1.04. The van der Waals surface area contributed by atoms with Crippen LogP contribution >= 0.6 is 0 Å². The number of rotatable bonds is 2. The molecule has 120 valence electrons. The molecule has 0 aliphatic rings. The number of halogens is 10. The summed E-state index contributed by atoms with van der Waals surface area (Å²) >= 11 is 0. The molecule has 0 aromatic heterocycles. The molecule has 0 fully saturated rings. The van der Waals surface area contributed by atoms with E-state index in [2.05, 4.69) is 0 Å². The van der Waals surface area contributed by atoms with Gasteiger partial charge in [-0.1, -0.05) is 0 Å². The Hall–Kier alpha value is -1.68. The molecular formula is C10H5F10N. The smallest absolute Gasteiger partial charge is 0.357 e. The molecule has 1 N–H and O–H groups in total. The zero-order chi connectivity index (χ0) is 16.7. The van der Waals surface area contributed by atoms with E-state index >= 15 is 0 Å². The summed E-state index contributed by atoms with van der Waals surface area (Å²) in [5, 5.41) is 0.398. The summed E-state index contributed by atoms with van der Waals surface area (Å²) in [4.78, 5) is 0. The van der Waals surface area contributed by atoms with E-state index in [1.165, 1.54) is 0 Å². The molecule has 0 radical (unpaired) electrons. The van der Waals surface area contributed by atoms with Crippen molar-refractivity contribution in [2.24, 2.45) is 0 Å². The number of alkyl halides is 9. The first kappa shape index (κ1) is 17.4. The SMILES string of the molecule is Fc1ccc(NC(C(F)(F)F)(C(F)(F)F)C(F)(F)F)cc1. The van der Waals surface area contributed by atoms with E-state index in [4.69, 9.17) is 0 Å². The maximum absolute atomic E-state index is 12.6. The van der Waals surface area contributed by atoms with Crippen LogP contribution in [0.3, 0.4) is 0 Å². The van der Waals surface area contributed by atoms with E-state index in [-0.39, 0.29) is 0 Å². The molecule has 0 aliphatic carbocycles. The molecule has 0 amide bonds. The van der Waals surface area contributed by atoms with Crippen LogP contribution in [0.1, 0.15) is 0 Å². The second-order valence-corrected chi connectivity index (χ2v) is 3.88. The molecule has 0 unspecified atom stereocenters. The van der Waals surface area contributed by atoms with Gasteiger partial charge in [0.15, 0.2) is 0 Å². The van der Waals surface area contributed by atoms with E-state index in [1.807, 2.05) is 0 Å². The lowest BCUT2D eigenvalue weighted by Gasteiger charge is -2.39. The first-order valence-corrected chi connectivity index (χ1v) is 4.96. The van der Waals surface area contributed by atoms with Crippen LogP contribution in [0.15, 0.2) is 24.3 Å². The van der Waals surface area contributed by atoms with E-state index in [0.717, 1.165) is 0 Å². The minimum Gasteiger partial charge on any atom is -0.357 e. The van der Waals surface area contributed by atoms with Gasteiger partial charge in [0.1, 0.15) is 5.82 Å². The number of anilines is 1. The van der Waals surface area contributed by atoms with Crippen LogP contribution in [-0.2, 0) is 0 Å². The van der Waals surface area contributed by atoms with Gasteiger partial charge in [-0.3, -0.25) is 0 Å². The van der Waals surface area contributed by atoms with Crippen molar-refractivity contribution in [3.63, 3.8) is 0 Å². The van der Waals surface area contributed by atoms with Crippen LogP contribution in [-0.4, -0.2) is 24.1 Å². The maximum atomic E-state index is 12.6. The zero-order valence-electron chi connectivity index (χ0n) is 9.59. The Morgan fingerprint density at radius 1 is 0.619 bits per heavy atom. The molecule has 0 spiro atoms. The van der Waals surface area contributed by atoms with Crippen molar-refractivity contribution in [3.05, 3.63) is 30.1 Å². The first-order valence-electron chi connectivity index (χ1n) is 4.96. The molecule has 0 saturated carbocycles. The lowest BCUT2D eigenvalue weighted by Crippen LogP contribution is -2.70. The third-order valence-electron chi connectivity index (χ3n) is 2.45. The Labute approximate surface area is 110 Å². The molecular weight excluding hydrogens is 324 g/mol. The quantitative estimate of drug-likeness (QED) is 0.778. The van der Waals surface area contributed by atoms with Crippen molar-refractivity contribution in [1.82, 2.24) is 0 Å². The molecule has 1 aromatic carbocycles. The maximum Gasteiger partial charge on any atom is 0.429 e. The van der Waals surface area contributed by atoms with Crippen molar-refractivity contribution in [2.75, 3.05) is 5.32 Å². The topological polar surface area (TPSA) is 12.0 Å². The molecule has 11 heteroatoms. The monoisotopic (exact) mass is 329 g/mol. The van der Waals surface area contributed by atoms with Gasteiger partial charge in [-0.2, -0.15) is 39.5 Å². The molecule has 0 aliphatic heterocycles.